The summed E-state index contributed by atoms with van der Waals surface area (Å²) in [6.07, 6.45) is 7.30. The number of aromatic nitrogens is 3. The summed E-state index contributed by atoms with van der Waals surface area (Å²) in [7, 11) is 0. The van der Waals surface area contributed by atoms with Crippen LogP contribution in [0.3, 0.4) is 0 Å². The lowest BCUT2D eigenvalue weighted by Crippen LogP contribution is -2.26. The summed E-state index contributed by atoms with van der Waals surface area (Å²) in [4.78, 5) is 0. The zero-order valence-electron chi connectivity index (χ0n) is 9.56. The van der Waals surface area contributed by atoms with Crippen LogP contribution in [-0.4, -0.2) is 20.6 Å². The quantitative estimate of drug-likeness (QED) is 0.946. The van der Waals surface area contributed by atoms with Gasteiger partial charge in [0.1, 0.15) is 0 Å². The number of halogens is 1. The maximum atomic E-state index is 4.23. The molecule has 0 amide bonds. The van der Waals surface area contributed by atoms with Gasteiger partial charge in [0.25, 0.3) is 0 Å². The predicted molar refractivity (Wildman–Crippen MR) is 69.8 cm³/mol. The number of pyridine rings is 1. The second-order valence-electron chi connectivity index (χ2n) is 4.55. The maximum Gasteiger partial charge on any atom is 0.161 e. The van der Waals surface area contributed by atoms with Crippen LogP contribution in [0.4, 0.5) is 0 Å². The van der Waals surface area contributed by atoms with Gasteiger partial charge < -0.3 is 5.32 Å². The highest BCUT2D eigenvalue weighted by molar-refractivity contribution is 9.10. The van der Waals surface area contributed by atoms with Crippen molar-refractivity contribution in [2.24, 2.45) is 0 Å². The maximum absolute atomic E-state index is 4.23. The van der Waals surface area contributed by atoms with Crippen molar-refractivity contribution < 1.29 is 0 Å². The first kappa shape index (κ1) is 11.2. The Labute approximate surface area is 109 Å². The van der Waals surface area contributed by atoms with E-state index < -0.39 is 0 Å². The minimum Gasteiger partial charge on any atom is -0.307 e. The predicted octanol–water partition coefficient (Wildman–Crippen LogP) is 2.52. The molecule has 1 saturated carbocycles. The monoisotopic (exact) mass is 294 g/mol. The lowest BCUT2D eigenvalue weighted by molar-refractivity contribution is 0.512. The smallest absolute Gasteiger partial charge is 0.161 e. The Balaban J connectivity index is 1.76. The molecule has 0 atom stereocenters. The van der Waals surface area contributed by atoms with Crippen molar-refractivity contribution in [1.82, 2.24) is 19.9 Å². The minimum atomic E-state index is 0.665. The van der Waals surface area contributed by atoms with E-state index in [1.54, 1.807) is 0 Å². The van der Waals surface area contributed by atoms with Gasteiger partial charge in [-0.15, -0.1) is 10.2 Å². The van der Waals surface area contributed by atoms with E-state index in [1.165, 1.54) is 25.7 Å². The molecule has 2 aromatic rings. The van der Waals surface area contributed by atoms with Gasteiger partial charge in [-0.3, -0.25) is 4.40 Å². The van der Waals surface area contributed by atoms with Crippen LogP contribution in [-0.2, 0) is 6.54 Å². The summed E-state index contributed by atoms with van der Waals surface area (Å²) >= 11 is 3.44. The standard InChI is InChI=1S/C12H15BrN4/c13-9-5-6-17-11(7-9)15-16-12(17)8-14-10-3-1-2-4-10/h5-7,10,14H,1-4,8H2. The molecule has 0 unspecified atom stereocenters. The van der Waals surface area contributed by atoms with E-state index in [-0.39, 0.29) is 0 Å². The summed E-state index contributed by atoms with van der Waals surface area (Å²) in [6, 6.07) is 4.65. The summed E-state index contributed by atoms with van der Waals surface area (Å²) in [5.74, 6) is 0.986. The fourth-order valence-corrected chi connectivity index (χ4v) is 2.72. The molecule has 17 heavy (non-hydrogen) atoms. The Morgan fingerprint density at radius 3 is 3.00 bits per heavy atom. The number of hydrogen-bond donors (Lipinski definition) is 1. The van der Waals surface area contributed by atoms with E-state index >= 15 is 0 Å². The SMILES string of the molecule is Brc1ccn2c(CNC3CCCC3)nnc2c1. The van der Waals surface area contributed by atoms with Gasteiger partial charge in [0.05, 0.1) is 6.54 Å². The average molecular weight is 295 g/mol. The number of nitrogens with zero attached hydrogens (tertiary/aromatic N) is 3. The lowest BCUT2D eigenvalue weighted by atomic mass is 10.2. The second kappa shape index (κ2) is 4.74. The third kappa shape index (κ3) is 2.35. The Kier molecular flexibility index (Phi) is 3.11. The van der Waals surface area contributed by atoms with Crippen molar-refractivity contribution in [2.45, 2.75) is 38.3 Å². The molecule has 4 nitrogen and oxygen atoms in total. The molecular formula is C12H15BrN4. The van der Waals surface area contributed by atoms with E-state index in [4.69, 9.17) is 0 Å². The van der Waals surface area contributed by atoms with Crippen LogP contribution >= 0.6 is 15.9 Å². The van der Waals surface area contributed by atoms with Crippen molar-refractivity contribution in [1.29, 1.82) is 0 Å². The van der Waals surface area contributed by atoms with Crippen molar-refractivity contribution in [2.75, 3.05) is 0 Å². The first-order valence-corrected chi connectivity index (χ1v) is 6.85. The summed E-state index contributed by atoms with van der Waals surface area (Å²) in [6.45, 7) is 0.799. The van der Waals surface area contributed by atoms with Crippen LogP contribution in [0.25, 0.3) is 5.65 Å². The van der Waals surface area contributed by atoms with Crippen molar-refractivity contribution in [3.05, 3.63) is 28.6 Å². The number of fused-ring (bicyclic) bond motifs is 1. The Bertz CT molecular complexity index is 516. The minimum absolute atomic E-state index is 0.665. The van der Waals surface area contributed by atoms with E-state index in [0.717, 1.165) is 22.5 Å². The molecule has 0 spiro atoms. The number of nitrogens with one attached hydrogen (secondary N) is 1. The van der Waals surface area contributed by atoms with Crippen molar-refractivity contribution in [3.63, 3.8) is 0 Å². The molecule has 1 fully saturated rings. The second-order valence-corrected chi connectivity index (χ2v) is 5.47. The van der Waals surface area contributed by atoms with Crippen LogP contribution in [0.15, 0.2) is 22.8 Å². The van der Waals surface area contributed by atoms with E-state index in [0.29, 0.717) is 6.04 Å². The van der Waals surface area contributed by atoms with E-state index in [9.17, 15) is 0 Å². The van der Waals surface area contributed by atoms with Gasteiger partial charge in [0, 0.05) is 16.7 Å². The fraction of sp³-hybridized carbons (Fsp3) is 0.500. The summed E-state index contributed by atoms with van der Waals surface area (Å²) in [5, 5.41) is 12.0. The molecule has 0 aliphatic heterocycles. The molecule has 1 aliphatic carbocycles. The molecule has 5 heteroatoms. The molecule has 1 aliphatic rings. The molecule has 0 bridgehead atoms. The van der Waals surface area contributed by atoms with Gasteiger partial charge >= 0.3 is 0 Å². The van der Waals surface area contributed by atoms with Crippen molar-refractivity contribution in [3.8, 4) is 0 Å². The molecule has 2 heterocycles. The fourth-order valence-electron chi connectivity index (χ4n) is 2.40. The zero-order chi connectivity index (χ0) is 11.7. The third-order valence-corrected chi connectivity index (χ3v) is 3.84. The van der Waals surface area contributed by atoms with Crippen LogP contribution in [0.2, 0.25) is 0 Å². The Hall–Kier alpha value is -0.940. The average Bonchev–Trinajstić information content (AvgIpc) is 2.94. The van der Waals surface area contributed by atoms with Crippen LogP contribution in [0, 0.1) is 0 Å². The molecule has 3 rings (SSSR count). The van der Waals surface area contributed by atoms with Crippen LogP contribution < -0.4 is 5.32 Å². The van der Waals surface area contributed by atoms with Gasteiger partial charge in [-0.1, -0.05) is 28.8 Å². The molecular weight excluding hydrogens is 280 g/mol. The molecule has 0 saturated heterocycles. The van der Waals surface area contributed by atoms with E-state index in [1.807, 2.05) is 22.7 Å². The topological polar surface area (TPSA) is 42.2 Å². The Morgan fingerprint density at radius 1 is 1.35 bits per heavy atom. The normalized spacial score (nSPS) is 17.0. The highest BCUT2D eigenvalue weighted by atomic mass is 79.9. The molecule has 0 radical (unpaired) electrons. The highest BCUT2D eigenvalue weighted by Gasteiger charge is 2.15. The summed E-state index contributed by atoms with van der Waals surface area (Å²) in [5.41, 5.74) is 0.891. The molecule has 2 aromatic heterocycles. The third-order valence-electron chi connectivity index (χ3n) is 3.35. The van der Waals surface area contributed by atoms with Gasteiger partial charge in [0.15, 0.2) is 11.5 Å². The van der Waals surface area contributed by atoms with Gasteiger partial charge in [0.2, 0.25) is 0 Å². The zero-order valence-corrected chi connectivity index (χ0v) is 11.2. The largest absolute Gasteiger partial charge is 0.307 e. The molecule has 1 N–H and O–H groups in total. The number of rotatable bonds is 3. The molecule has 0 aromatic carbocycles. The van der Waals surface area contributed by atoms with Crippen LogP contribution in [0.1, 0.15) is 31.5 Å². The number of hydrogen-bond acceptors (Lipinski definition) is 3. The van der Waals surface area contributed by atoms with Gasteiger partial charge in [-0.2, -0.15) is 0 Å². The van der Waals surface area contributed by atoms with Gasteiger partial charge in [-0.25, -0.2) is 0 Å². The first-order valence-electron chi connectivity index (χ1n) is 6.05. The molecule has 90 valence electrons. The van der Waals surface area contributed by atoms with E-state index in [2.05, 4.69) is 31.4 Å². The van der Waals surface area contributed by atoms with Gasteiger partial charge in [-0.05, 0) is 25.0 Å². The lowest BCUT2D eigenvalue weighted by Gasteiger charge is -2.10. The first-order chi connectivity index (χ1) is 8.33. The summed E-state index contributed by atoms with van der Waals surface area (Å²) < 4.78 is 3.07. The highest BCUT2D eigenvalue weighted by Crippen LogP contribution is 2.18. The van der Waals surface area contributed by atoms with Crippen molar-refractivity contribution >= 4 is 21.6 Å². The van der Waals surface area contributed by atoms with Crippen LogP contribution in [0.5, 0.6) is 0 Å². The Morgan fingerprint density at radius 2 is 2.18 bits per heavy atom.